The number of hydrogen-bond acceptors (Lipinski definition) is 5. The van der Waals surface area contributed by atoms with Gasteiger partial charge < -0.3 is 5.32 Å². The maximum Gasteiger partial charge on any atom is 0.167 e. The van der Waals surface area contributed by atoms with E-state index in [1.54, 1.807) is 10.9 Å². The summed E-state index contributed by atoms with van der Waals surface area (Å²) in [5.41, 5.74) is 0. The molecule has 1 rings (SSSR count). The van der Waals surface area contributed by atoms with E-state index in [1.165, 1.54) is 0 Å². The molecule has 0 aliphatic rings. The summed E-state index contributed by atoms with van der Waals surface area (Å²) in [4.78, 5) is 0. The van der Waals surface area contributed by atoms with Crippen molar-refractivity contribution in [1.29, 1.82) is 0 Å². The van der Waals surface area contributed by atoms with E-state index in [9.17, 15) is 4.21 Å². The molecule has 1 N–H and O–H groups in total. The summed E-state index contributed by atoms with van der Waals surface area (Å²) in [5, 5.41) is 14.7. The largest absolute Gasteiger partial charge is 0.308 e. The van der Waals surface area contributed by atoms with Gasteiger partial charge in [-0.25, -0.2) is 4.68 Å². The van der Waals surface area contributed by atoms with Gasteiger partial charge in [-0.3, -0.25) is 4.21 Å². The van der Waals surface area contributed by atoms with E-state index in [0.717, 1.165) is 12.4 Å². The van der Waals surface area contributed by atoms with Gasteiger partial charge in [0.05, 0.1) is 12.6 Å². The van der Waals surface area contributed by atoms with Crippen molar-refractivity contribution in [3.8, 4) is 0 Å². The van der Waals surface area contributed by atoms with Crippen molar-refractivity contribution in [2.75, 3.05) is 18.6 Å². The zero-order chi connectivity index (χ0) is 11.3. The van der Waals surface area contributed by atoms with Gasteiger partial charge in [-0.1, -0.05) is 6.92 Å². The second-order valence-electron chi connectivity index (χ2n) is 3.32. The molecule has 0 aromatic carbocycles. The Bertz CT molecular complexity index is 327. The van der Waals surface area contributed by atoms with Crippen molar-refractivity contribution < 1.29 is 4.21 Å². The second kappa shape index (κ2) is 5.92. The molecule has 15 heavy (non-hydrogen) atoms. The topological polar surface area (TPSA) is 72.7 Å². The number of tetrazole rings is 1. The lowest BCUT2D eigenvalue weighted by Gasteiger charge is -2.11. The highest BCUT2D eigenvalue weighted by atomic mass is 32.2. The van der Waals surface area contributed by atoms with Gasteiger partial charge in [-0.15, -0.1) is 5.10 Å². The van der Waals surface area contributed by atoms with Crippen molar-refractivity contribution in [1.82, 2.24) is 25.5 Å². The molecule has 2 atom stereocenters. The van der Waals surface area contributed by atoms with Gasteiger partial charge >= 0.3 is 0 Å². The summed E-state index contributed by atoms with van der Waals surface area (Å²) in [6.45, 7) is 5.51. The zero-order valence-electron chi connectivity index (χ0n) is 9.30. The summed E-state index contributed by atoms with van der Waals surface area (Å²) in [6, 6.07) is 0.121. The van der Waals surface area contributed by atoms with E-state index in [-0.39, 0.29) is 6.04 Å². The van der Waals surface area contributed by atoms with Crippen LogP contribution < -0.4 is 5.32 Å². The number of hydrogen-bond donors (Lipinski definition) is 1. The van der Waals surface area contributed by atoms with Crippen LogP contribution >= 0.6 is 0 Å². The van der Waals surface area contributed by atoms with Gasteiger partial charge in [0.1, 0.15) is 0 Å². The van der Waals surface area contributed by atoms with E-state index in [4.69, 9.17) is 0 Å². The quantitative estimate of drug-likeness (QED) is 0.729. The smallest absolute Gasteiger partial charge is 0.167 e. The lowest BCUT2D eigenvalue weighted by Crippen LogP contribution is -2.23. The molecule has 86 valence electrons. The van der Waals surface area contributed by atoms with E-state index in [0.29, 0.717) is 12.3 Å². The third-order valence-corrected chi connectivity index (χ3v) is 2.81. The van der Waals surface area contributed by atoms with Crippen LogP contribution in [0.5, 0.6) is 0 Å². The van der Waals surface area contributed by atoms with Crippen molar-refractivity contribution in [2.24, 2.45) is 0 Å². The van der Waals surface area contributed by atoms with Crippen LogP contribution in [0.4, 0.5) is 0 Å². The highest BCUT2D eigenvalue weighted by molar-refractivity contribution is 7.84. The Morgan fingerprint density at radius 3 is 2.93 bits per heavy atom. The second-order valence-corrected chi connectivity index (χ2v) is 4.87. The third-order valence-electron chi connectivity index (χ3n) is 2.05. The maximum atomic E-state index is 11.0. The van der Waals surface area contributed by atoms with Crippen molar-refractivity contribution in [3.63, 3.8) is 0 Å². The molecule has 0 bridgehead atoms. The fraction of sp³-hybridized carbons (Fsp3) is 0.875. The van der Waals surface area contributed by atoms with Gasteiger partial charge in [0.15, 0.2) is 5.82 Å². The summed E-state index contributed by atoms with van der Waals surface area (Å²) in [7, 11) is -0.812. The first kappa shape index (κ1) is 12.3. The summed E-state index contributed by atoms with van der Waals surface area (Å²) >= 11 is 0. The Morgan fingerprint density at radius 2 is 2.33 bits per heavy atom. The molecule has 1 heterocycles. The molecule has 1 aromatic rings. The normalized spacial score (nSPS) is 15.1. The number of rotatable bonds is 6. The number of nitrogens with one attached hydrogen (secondary N) is 1. The first-order chi connectivity index (χ1) is 7.15. The molecule has 0 fully saturated rings. The maximum absolute atomic E-state index is 11.0. The molecule has 6 nitrogen and oxygen atoms in total. The van der Waals surface area contributed by atoms with Gasteiger partial charge in [-0.2, -0.15) is 0 Å². The molecule has 0 radical (unpaired) electrons. The molecule has 0 spiro atoms. The Balaban J connectivity index is 2.64. The van der Waals surface area contributed by atoms with E-state index in [2.05, 4.69) is 20.8 Å². The molecule has 0 amide bonds. The number of nitrogens with zero attached hydrogens (tertiary/aromatic N) is 4. The average molecular weight is 231 g/mol. The minimum absolute atomic E-state index is 0.121. The van der Waals surface area contributed by atoms with E-state index >= 15 is 0 Å². The highest BCUT2D eigenvalue weighted by Gasteiger charge is 2.12. The van der Waals surface area contributed by atoms with Crippen molar-refractivity contribution >= 4 is 10.8 Å². The van der Waals surface area contributed by atoms with Crippen LogP contribution in [0, 0.1) is 0 Å². The van der Waals surface area contributed by atoms with Crippen LogP contribution in [0.15, 0.2) is 0 Å². The van der Waals surface area contributed by atoms with Crippen LogP contribution in [0.25, 0.3) is 0 Å². The van der Waals surface area contributed by atoms with Gasteiger partial charge in [0, 0.05) is 22.8 Å². The molecule has 0 aliphatic carbocycles. The standard InChI is InChI=1S/C8H17N5OS/c1-4-9-7(2)8-10-11-12-13(8)5-6-15(3)14/h7,9H,4-6H2,1-3H3. The molecule has 7 heteroatoms. The lowest BCUT2D eigenvalue weighted by molar-refractivity contribution is 0.509. The van der Waals surface area contributed by atoms with Gasteiger partial charge in [0.2, 0.25) is 0 Å². The van der Waals surface area contributed by atoms with Crippen molar-refractivity contribution in [2.45, 2.75) is 26.4 Å². The Labute approximate surface area is 91.9 Å². The number of aryl methyl sites for hydroxylation is 1. The molecular weight excluding hydrogens is 214 g/mol. The van der Waals surface area contributed by atoms with Crippen LogP contribution in [0.1, 0.15) is 25.7 Å². The van der Waals surface area contributed by atoms with Crippen LogP contribution in [0.2, 0.25) is 0 Å². The van der Waals surface area contributed by atoms with Crippen LogP contribution in [0.3, 0.4) is 0 Å². The minimum Gasteiger partial charge on any atom is -0.308 e. The van der Waals surface area contributed by atoms with Gasteiger partial charge in [0.25, 0.3) is 0 Å². The van der Waals surface area contributed by atoms with Gasteiger partial charge in [-0.05, 0) is 23.9 Å². The fourth-order valence-corrected chi connectivity index (χ4v) is 1.72. The minimum atomic E-state index is -0.812. The van der Waals surface area contributed by atoms with Crippen LogP contribution in [-0.2, 0) is 17.3 Å². The Hall–Kier alpha value is -0.820. The molecule has 2 unspecified atom stereocenters. The molecular formula is C8H17N5OS. The molecule has 0 aliphatic heterocycles. The fourth-order valence-electron chi connectivity index (χ4n) is 1.29. The zero-order valence-corrected chi connectivity index (χ0v) is 10.1. The Morgan fingerprint density at radius 1 is 1.60 bits per heavy atom. The monoisotopic (exact) mass is 231 g/mol. The summed E-state index contributed by atoms with van der Waals surface area (Å²) < 4.78 is 12.7. The first-order valence-corrected chi connectivity index (χ1v) is 6.67. The third kappa shape index (κ3) is 3.67. The van der Waals surface area contributed by atoms with E-state index < -0.39 is 10.8 Å². The van der Waals surface area contributed by atoms with E-state index in [1.807, 2.05) is 13.8 Å². The SMILES string of the molecule is CCNC(C)c1nnnn1CCS(C)=O. The lowest BCUT2D eigenvalue weighted by atomic mass is 10.3. The van der Waals surface area contributed by atoms with Crippen molar-refractivity contribution in [3.05, 3.63) is 5.82 Å². The molecule has 0 saturated heterocycles. The first-order valence-electron chi connectivity index (χ1n) is 4.94. The highest BCUT2D eigenvalue weighted by Crippen LogP contribution is 2.06. The molecule has 1 aromatic heterocycles. The summed E-state index contributed by atoms with van der Waals surface area (Å²) in [5.74, 6) is 1.37. The summed E-state index contributed by atoms with van der Waals surface area (Å²) in [6.07, 6.45) is 1.68. The molecule has 0 saturated carbocycles. The predicted octanol–water partition coefficient (Wildman–Crippen LogP) is -0.278. The number of aromatic nitrogens is 4. The Kier molecular flexibility index (Phi) is 4.83. The van der Waals surface area contributed by atoms with Crippen LogP contribution in [-0.4, -0.2) is 43.0 Å². The predicted molar refractivity (Wildman–Crippen MR) is 58.8 cm³/mol. The average Bonchev–Trinajstić information content (AvgIpc) is 2.62.